The first-order valence-corrected chi connectivity index (χ1v) is 7.11. The van der Waals surface area contributed by atoms with Crippen LogP contribution in [0.5, 0.6) is 5.75 Å². The van der Waals surface area contributed by atoms with Gasteiger partial charge in [0.2, 0.25) is 0 Å². The first-order chi connectivity index (χ1) is 10.6. The van der Waals surface area contributed by atoms with Crippen molar-refractivity contribution in [2.45, 2.75) is 13.0 Å². The van der Waals surface area contributed by atoms with Crippen LogP contribution >= 0.6 is 11.6 Å². The Bertz CT molecular complexity index is 637. The Hall–Kier alpha value is -2.33. The monoisotopic (exact) mass is 318 g/mol. The summed E-state index contributed by atoms with van der Waals surface area (Å²) in [4.78, 5) is 23.7. The number of Topliss-reactive ketones (excluding diaryl/α,β-unsaturated/α-hetero) is 1. The first kappa shape index (κ1) is 16.0. The number of carbonyl (C=O) groups excluding carboxylic acids is 2. The van der Waals surface area contributed by atoms with Crippen molar-refractivity contribution in [2.24, 2.45) is 0 Å². The topological polar surface area (TPSA) is 52.6 Å². The second-order valence-corrected chi connectivity index (χ2v) is 5.05. The van der Waals surface area contributed by atoms with Gasteiger partial charge in [-0.15, -0.1) is 0 Å². The zero-order valence-corrected chi connectivity index (χ0v) is 12.7. The van der Waals surface area contributed by atoms with E-state index in [1.165, 1.54) is 0 Å². The summed E-state index contributed by atoms with van der Waals surface area (Å²) in [5, 5.41) is 0.580. The van der Waals surface area contributed by atoms with Gasteiger partial charge in [-0.25, -0.2) is 4.79 Å². The molecule has 0 saturated heterocycles. The van der Waals surface area contributed by atoms with Gasteiger partial charge < -0.3 is 9.47 Å². The fourth-order valence-electron chi connectivity index (χ4n) is 1.73. The molecule has 2 aromatic carbocycles. The van der Waals surface area contributed by atoms with Gasteiger partial charge in [0.25, 0.3) is 0 Å². The quantitative estimate of drug-likeness (QED) is 0.604. The molecule has 0 saturated carbocycles. The molecule has 5 heteroatoms. The van der Waals surface area contributed by atoms with Crippen LogP contribution in [0.3, 0.4) is 0 Å². The number of ether oxygens (including phenoxy) is 2. The first-order valence-electron chi connectivity index (χ1n) is 6.73. The molecule has 1 atom stereocenters. The normalized spacial score (nSPS) is 11.5. The molecule has 0 aliphatic heterocycles. The maximum absolute atomic E-state index is 11.8. The zero-order chi connectivity index (χ0) is 15.9. The van der Waals surface area contributed by atoms with Gasteiger partial charge >= 0.3 is 5.97 Å². The summed E-state index contributed by atoms with van der Waals surface area (Å²) in [5.41, 5.74) is 0.501. The Morgan fingerprint density at radius 2 is 1.68 bits per heavy atom. The Balaban J connectivity index is 1.84. The molecular formula is C17H15ClO4. The molecule has 4 nitrogen and oxygen atoms in total. The van der Waals surface area contributed by atoms with Gasteiger partial charge in [-0.2, -0.15) is 0 Å². The molecule has 0 amide bonds. The minimum atomic E-state index is -0.815. The summed E-state index contributed by atoms with van der Waals surface area (Å²) < 4.78 is 10.4. The number of halogens is 1. The number of ketones is 1. The fourth-order valence-corrected chi connectivity index (χ4v) is 1.85. The van der Waals surface area contributed by atoms with Crippen LogP contribution in [0.4, 0.5) is 0 Å². The molecule has 0 fully saturated rings. The van der Waals surface area contributed by atoms with Gasteiger partial charge in [-0.1, -0.05) is 41.9 Å². The summed E-state index contributed by atoms with van der Waals surface area (Å²) in [6.45, 7) is 1.25. The molecule has 0 N–H and O–H groups in total. The highest BCUT2D eigenvalue weighted by atomic mass is 35.5. The van der Waals surface area contributed by atoms with E-state index in [-0.39, 0.29) is 12.4 Å². The fraction of sp³-hybridized carbons (Fsp3) is 0.176. The Morgan fingerprint density at radius 3 is 2.32 bits per heavy atom. The predicted molar refractivity (Wildman–Crippen MR) is 83.3 cm³/mol. The van der Waals surface area contributed by atoms with E-state index in [2.05, 4.69) is 0 Å². The van der Waals surface area contributed by atoms with E-state index < -0.39 is 12.1 Å². The lowest BCUT2D eigenvalue weighted by molar-refractivity contribution is -0.149. The molecule has 0 radical (unpaired) electrons. The number of esters is 1. The predicted octanol–water partition coefficient (Wildman–Crippen LogP) is 3.53. The van der Waals surface area contributed by atoms with Gasteiger partial charge in [0.05, 0.1) is 0 Å². The molecule has 0 bridgehead atoms. The van der Waals surface area contributed by atoms with Gasteiger partial charge in [-0.3, -0.25) is 4.79 Å². The van der Waals surface area contributed by atoms with E-state index in [0.29, 0.717) is 16.3 Å². The van der Waals surface area contributed by atoms with Crippen molar-refractivity contribution in [1.82, 2.24) is 0 Å². The molecule has 22 heavy (non-hydrogen) atoms. The van der Waals surface area contributed by atoms with Crippen molar-refractivity contribution < 1.29 is 19.1 Å². The summed E-state index contributed by atoms with van der Waals surface area (Å²) in [5.74, 6) is -0.352. The lowest BCUT2D eigenvalue weighted by Gasteiger charge is -2.13. The summed E-state index contributed by atoms with van der Waals surface area (Å²) in [7, 11) is 0. The van der Waals surface area contributed by atoms with Crippen LogP contribution in [-0.2, 0) is 9.53 Å². The Kier molecular flexibility index (Phi) is 5.55. The second kappa shape index (κ2) is 7.61. The van der Waals surface area contributed by atoms with Crippen LogP contribution in [0.1, 0.15) is 17.3 Å². The average molecular weight is 319 g/mol. The van der Waals surface area contributed by atoms with E-state index >= 15 is 0 Å². The van der Waals surface area contributed by atoms with Gasteiger partial charge in [0.15, 0.2) is 18.5 Å². The molecule has 0 heterocycles. The molecule has 0 aliphatic rings. The zero-order valence-electron chi connectivity index (χ0n) is 12.0. The number of rotatable bonds is 6. The number of hydrogen-bond acceptors (Lipinski definition) is 4. The van der Waals surface area contributed by atoms with E-state index in [9.17, 15) is 9.59 Å². The van der Waals surface area contributed by atoms with Crippen molar-refractivity contribution in [1.29, 1.82) is 0 Å². The standard InChI is InChI=1S/C17H15ClO4/c1-12(22-15-9-7-14(18)8-10-15)17(20)21-11-16(19)13-5-3-2-4-6-13/h2-10,12H,11H2,1H3. The third-order valence-electron chi connectivity index (χ3n) is 2.90. The number of hydrogen-bond donors (Lipinski definition) is 0. The highest BCUT2D eigenvalue weighted by Gasteiger charge is 2.18. The highest BCUT2D eigenvalue weighted by Crippen LogP contribution is 2.17. The van der Waals surface area contributed by atoms with Gasteiger partial charge in [-0.05, 0) is 31.2 Å². The summed E-state index contributed by atoms with van der Waals surface area (Å²) >= 11 is 5.77. The van der Waals surface area contributed by atoms with Crippen molar-refractivity contribution in [3.05, 3.63) is 65.2 Å². The van der Waals surface area contributed by atoms with E-state index in [4.69, 9.17) is 21.1 Å². The van der Waals surface area contributed by atoms with Crippen molar-refractivity contribution in [2.75, 3.05) is 6.61 Å². The summed E-state index contributed by atoms with van der Waals surface area (Å²) in [6.07, 6.45) is -0.815. The third kappa shape index (κ3) is 4.60. The van der Waals surface area contributed by atoms with Crippen molar-refractivity contribution in [3.63, 3.8) is 0 Å². The molecule has 0 spiro atoms. The lowest BCUT2D eigenvalue weighted by atomic mass is 10.1. The van der Waals surface area contributed by atoms with Crippen LogP contribution in [0, 0.1) is 0 Å². The van der Waals surface area contributed by atoms with Crippen molar-refractivity contribution >= 4 is 23.4 Å². The Labute approximate surface area is 133 Å². The van der Waals surface area contributed by atoms with Crippen LogP contribution in [0.2, 0.25) is 5.02 Å². The Morgan fingerprint density at radius 1 is 1.05 bits per heavy atom. The average Bonchev–Trinajstić information content (AvgIpc) is 2.55. The van der Waals surface area contributed by atoms with Crippen LogP contribution < -0.4 is 4.74 Å². The largest absolute Gasteiger partial charge is 0.479 e. The van der Waals surface area contributed by atoms with Gasteiger partial charge in [0.1, 0.15) is 5.75 Å². The van der Waals surface area contributed by atoms with Crippen molar-refractivity contribution in [3.8, 4) is 5.75 Å². The van der Waals surface area contributed by atoms with Crippen LogP contribution in [-0.4, -0.2) is 24.5 Å². The molecular weight excluding hydrogens is 304 g/mol. The minimum absolute atomic E-state index is 0.257. The number of carbonyl (C=O) groups is 2. The molecule has 2 aromatic rings. The molecule has 0 aromatic heterocycles. The lowest BCUT2D eigenvalue weighted by Crippen LogP contribution is -2.28. The minimum Gasteiger partial charge on any atom is -0.479 e. The van der Waals surface area contributed by atoms with Crippen LogP contribution in [0.15, 0.2) is 54.6 Å². The maximum atomic E-state index is 11.8. The molecule has 1 unspecified atom stereocenters. The van der Waals surface area contributed by atoms with E-state index in [1.54, 1.807) is 55.5 Å². The molecule has 2 rings (SSSR count). The molecule has 114 valence electrons. The number of benzene rings is 2. The van der Waals surface area contributed by atoms with E-state index in [0.717, 1.165) is 0 Å². The summed E-state index contributed by atoms with van der Waals surface area (Å²) in [6, 6.07) is 15.3. The maximum Gasteiger partial charge on any atom is 0.347 e. The van der Waals surface area contributed by atoms with Crippen LogP contribution in [0.25, 0.3) is 0 Å². The van der Waals surface area contributed by atoms with E-state index in [1.807, 2.05) is 6.07 Å². The third-order valence-corrected chi connectivity index (χ3v) is 3.15. The van der Waals surface area contributed by atoms with Gasteiger partial charge in [0, 0.05) is 10.6 Å². The SMILES string of the molecule is CC(Oc1ccc(Cl)cc1)C(=O)OCC(=O)c1ccccc1. The smallest absolute Gasteiger partial charge is 0.347 e. The highest BCUT2D eigenvalue weighted by molar-refractivity contribution is 6.30. The molecule has 0 aliphatic carbocycles. The second-order valence-electron chi connectivity index (χ2n) is 4.61.